The third kappa shape index (κ3) is 7.87. The van der Waals surface area contributed by atoms with E-state index in [1.165, 1.54) is 19.0 Å². The summed E-state index contributed by atoms with van der Waals surface area (Å²) in [6, 6.07) is 5.18. The number of guanidine groups is 1. The predicted octanol–water partition coefficient (Wildman–Crippen LogP) is 2.05. The minimum Gasteiger partial charge on any atom is -0.355 e. The van der Waals surface area contributed by atoms with E-state index in [0.29, 0.717) is 12.1 Å². The molecule has 0 amide bonds. The molecule has 1 aliphatic rings. The van der Waals surface area contributed by atoms with E-state index >= 15 is 0 Å². The lowest BCUT2D eigenvalue weighted by Crippen LogP contribution is -2.42. The van der Waals surface area contributed by atoms with Gasteiger partial charge in [0.1, 0.15) is 5.82 Å². The molecule has 7 heteroatoms. The van der Waals surface area contributed by atoms with E-state index in [4.69, 9.17) is 0 Å². The van der Waals surface area contributed by atoms with Gasteiger partial charge in [0.15, 0.2) is 5.96 Å². The van der Waals surface area contributed by atoms with Crippen LogP contribution in [0.15, 0.2) is 23.2 Å². The molecule has 0 radical (unpaired) electrons. The molecular weight excluding hydrogens is 432 g/mol. The molecule has 1 heterocycles. The monoisotopic (exact) mass is 463 g/mol. The summed E-state index contributed by atoms with van der Waals surface area (Å²) in [5.74, 6) is 0.619. The first kappa shape index (κ1) is 22.1. The van der Waals surface area contributed by atoms with Crippen LogP contribution in [0.1, 0.15) is 17.5 Å². The lowest BCUT2D eigenvalue weighted by molar-refractivity contribution is 0.280. The number of halogens is 2. The van der Waals surface area contributed by atoms with Gasteiger partial charge < -0.3 is 20.4 Å². The Balaban J connectivity index is 0.00000312. The van der Waals surface area contributed by atoms with Crippen LogP contribution in [-0.2, 0) is 6.54 Å². The molecule has 0 saturated carbocycles. The molecule has 5 nitrogen and oxygen atoms in total. The van der Waals surface area contributed by atoms with E-state index in [2.05, 4.69) is 32.5 Å². The molecule has 1 saturated heterocycles. The fraction of sp³-hybridized carbons (Fsp3) is 0.611. The third-order valence-electron chi connectivity index (χ3n) is 4.44. The Kier molecular flexibility index (Phi) is 10.3. The minimum absolute atomic E-state index is 0. The summed E-state index contributed by atoms with van der Waals surface area (Å²) in [6.45, 7) is 8.91. The average molecular weight is 463 g/mol. The second-order valence-corrected chi connectivity index (χ2v) is 6.43. The number of aryl methyl sites for hydroxylation is 1. The summed E-state index contributed by atoms with van der Waals surface area (Å²) in [4.78, 5) is 9.13. The Hall–Kier alpha value is -0.930. The highest BCUT2D eigenvalue weighted by Gasteiger charge is 2.11. The van der Waals surface area contributed by atoms with Gasteiger partial charge in [0.2, 0.25) is 0 Å². The maximum absolute atomic E-state index is 13.3. The molecule has 0 bridgehead atoms. The van der Waals surface area contributed by atoms with Gasteiger partial charge >= 0.3 is 0 Å². The molecule has 0 unspecified atom stereocenters. The zero-order valence-electron chi connectivity index (χ0n) is 15.5. The molecular formula is C18H31FIN5. The Morgan fingerprint density at radius 1 is 1.20 bits per heavy atom. The van der Waals surface area contributed by atoms with Crippen LogP contribution in [0.4, 0.5) is 4.39 Å². The van der Waals surface area contributed by atoms with Crippen LogP contribution in [0.25, 0.3) is 0 Å². The maximum Gasteiger partial charge on any atom is 0.191 e. The Morgan fingerprint density at radius 2 is 2.00 bits per heavy atom. The standard InChI is InChI=1S/C18H30FN5.HI/c1-15-13-16(5-6-17(15)19)14-22-18(20-2)21-7-10-24-9-4-8-23(3)11-12-24;/h5-6,13H,4,7-12,14H2,1-3H3,(H2,20,21,22);1H. The van der Waals surface area contributed by atoms with Crippen LogP contribution in [0.2, 0.25) is 0 Å². The number of nitrogens with one attached hydrogen (secondary N) is 2. The lowest BCUT2D eigenvalue weighted by Gasteiger charge is -2.21. The summed E-state index contributed by atoms with van der Waals surface area (Å²) in [7, 11) is 3.96. The van der Waals surface area contributed by atoms with Gasteiger partial charge in [-0.05, 0) is 50.7 Å². The van der Waals surface area contributed by atoms with E-state index in [-0.39, 0.29) is 29.8 Å². The van der Waals surface area contributed by atoms with Crippen molar-refractivity contribution in [3.63, 3.8) is 0 Å². The SMILES string of the molecule is CN=C(NCCN1CCCN(C)CC1)NCc1ccc(F)c(C)c1.I. The van der Waals surface area contributed by atoms with Crippen molar-refractivity contribution in [2.75, 3.05) is 53.4 Å². The molecule has 1 aromatic carbocycles. The quantitative estimate of drug-likeness (QED) is 0.399. The summed E-state index contributed by atoms with van der Waals surface area (Å²) < 4.78 is 13.3. The second-order valence-electron chi connectivity index (χ2n) is 6.43. The summed E-state index contributed by atoms with van der Waals surface area (Å²) >= 11 is 0. The van der Waals surface area contributed by atoms with Crippen LogP contribution in [0, 0.1) is 12.7 Å². The highest BCUT2D eigenvalue weighted by molar-refractivity contribution is 14.0. The fourth-order valence-electron chi connectivity index (χ4n) is 2.88. The lowest BCUT2D eigenvalue weighted by atomic mass is 10.1. The first-order chi connectivity index (χ1) is 11.6. The molecule has 1 aromatic rings. The van der Waals surface area contributed by atoms with Crippen LogP contribution >= 0.6 is 24.0 Å². The van der Waals surface area contributed by atoms with Gasteiger partial charge in [-0.25, -0.2) is 4.39 Å². The predicted molar refractivity (Wildman–Crippen MR) is 113 cm³/mol. The van der Waals surface area contributed by atoms with Gasteiger partial charge in [-0.3, -0.25) is 4.99 Å². The summed E-state index contributed by atoms with van der Waals surface area (Å²) in [6.07, 6.45) is 1.23. The number of likely N-dealkylation sites (N-methyl/N-ethyl adjacent to an activating group) is 1. The molecule has 0 atom stereocenters. The zero-order valence-corrected chi connectivity index (χ0v) is 17.8. The van der Waals surface area contributed by atoms with Crippen molar-refractivity contribution in [1.29, 1.82) is 0 Å². The van der Waals surface area contributed by atoms with Crippen LogP contribution < -0.4 is 10.6 Å². The van der Waals surface area contributed by atoms with E-state index in [1.807, 2.05) is 6.07 Å². The summed E-state index contributed by atoms with van der Waals surface area (Å²) in [5, 5.41) is 6.63. The molecule has 142 valence electrons. The van der Waals surface area contributed by atoms with Crippen molar-refractivity contribution in [1.82, 2.24) is 20.4 Å². The van der Waals surface area contributed by atoms with E-state index in [9.17, 15) is 4.39 Å². The van der Waals surface area contributed by atoms with Crippen molar-refractivity contribution < 1.29 is 4.39 Å². The number of benzene rings is 1. The molecule has 0 aromatic heterocycles. The second kappa shape index (κ2) is 11.6. The van der Waals surface area contributed by atoms with Gasteiger partial charge in [0.05, 0.1) is 0 Å². The molecule has 1 fully saturated rings. The van der Waals surface area contributed by atoms with Crippen LogP contribution in [0.3, 0.4) is 0 Å². The minimum atomic E-state index is -0.163. The highest BCUT2D eigenvalue weighted by Crippen LogP contribution is 2.08. The normalized spacial score (nSPS) is 16.9. The van der Waals surface area contributed by atoms with Crippen molar-refractivity contribution >= 4 is 29.9 Å². The molecule has 25 heavy (non-hydrogen) atoms. The number of aliphatic imine (C=N–C) groups is 1. The first-order valence-electron chi connectivity index (χ1n) is 8.69. The van der Waals surface area contributed by atoms with Crippen molar-refractivity contribution in [2.24, 2.45) is 4.99 Å². The molecule has 2 rings (SSSR count). The smallest absolute Gasteiger partial charge is 0.191 e. The Labute approximate surface area is 168 Å². The number of nitrogens with zero attached hydrogens (tertiary/aromatic N) is 3. The highest BCUT2D eigenvalue weighted by atomic mass is 127. The number of rotatable bonds is 5. The van der Waals surface area contributed by atoms with Crippen LogP contribution in [0.5, 0.6) is 0 Å². The average Bonchev–Trinajstić information content (AvgIpc) is 2.78. The van der Waals surface area contributed by atoms with Crippen molar-refractivity contribution in [3.05, 3.63) is 35.1 Å². The molecule has 0 spiro atoms. The molecule has 1 aliphatic heterocycles. The summed E-state index contributed by atoms with van der Waals surface area (Å²) in [5.41, 5.74) is 1.72. The van der Waals surface area contributed by atoms with Gasteiger partial charge in [-0.1, -0.05) is 12.1 Å². The van der Waals surface area contributed by atoms with Gasteiger partial charge in [0, 0.05) is 39.8 Å². The van der Waals surface area contributed by atoms with Crippen molar-refractivity contribution in [2.45, 2.75) is 19.9 Å². The van der Waals surface area contributed by atoms with Crippen LogP contribution in [-0.4, -0.2) is 69.1 Å². The Morgan fingerprint density at radius 3 is 2.72 bits per heavy atom. The molecule has 2 N–H and O–H groups in total. The topological polar surface area (TPSA) is 42.9 Å². The van der Waals surface area contributed by atoms with E-state index < -0.39 is 0 Å². The fourth-order valence-corrected chi connectivity index (χ4v) is 2.88. The first-order valence-corrected chi connectivity index (χ1v) is 8.69. The van der Waals surface area contributed by atoms with Crippen molar-refractivity contribution in [3.8, 4) is 0 Å². The van der Waals surface area contributed by atoms with E-state index in [0.717, 1.165) is 44.2 Å². The Bertz CT molecular complexity index is 552. The zero-order chi connectivity index (χ0) is 17.4. The third-order valence-corrected chi connectivity index (χ3v) is 4.44. The van der Waals surface area contributed by atoms with E-state index in [1.54, 1.807) is 20.0 Å². The van der Waals surface area contributed by atoms with Gasteiger partial charge in [0.25, 0.3) is 0 Å². The largest absolute Gasteiger partial charge is 0.355 e. The van der Waals surface area contributed by atoms with Gasteiger partial charge in [-0.15, -0.1) is 24.0 Å². The van der Waals surface area contributed by atoms with Gasteiger partial charge in [-0.2, -0.15) is 0 Å². The number of hydrogen-bond acceptors (Lipinski definition) is 3. The number of hydrogen-bond donors (Lipinski definition) is 2. The maximum atomic E-state index is 13.3. The molecule has 0 aliphatic carbocycles.